The molecule has 6 nitrogen and oxygen atoms in total. The predicted octanol–water partition coefficient (Wildman–Crippen LogP) is 1.64. The molecule has 2 rings (SSSR count). The molecule has 20 heavy (non-hydrogen) atoms. The zero-order valence-corrected chi connectivity index (χ0v) is 12.7. The van der Waals surface area contributed by atoms with Gasteiger partial charge in [0.1, 0.15) is 6.61 Å². The molecule has 0 unspecified atom stereocenters. The van der Waals surface area contributed by atoms with E-state index in [4.69, 9.17) is 10.5 Å². The molecule has 0 spiro atoms. The molecule has 0 atom stereocenters. The van der Waals surface area contributed by atoms with E-state index in [9.17, 15) is 9.59 Å². The van der Waals surface area contributed by atoms with E-state index in [1.165, 1.54) is 6.92 Å². The number of carbonyl (C=O) groups is 2. The number of urea groups is 1. The highest BCUT2D eigenvalue weighted by molar-refractivity contribution is 9.10. The summed E-state index contributed by atoms with van der Waals surface area (Å²) in [5.41, 5.74) is 6.71. The molecule has 0 bridgehead atoms. The first-order valence-electron chi connectivity index (χ1n) is 6.24. The number of halogens is 1. The molecule has 1 aromatic rings. The van der Waals surface area contributed by atoms with Crippen molar-refractivity contribution >= 4 is 33.4 Å². The van der Waals surface area contributed by atoms with Crippen molar-refractivity contribution in [3.63, 3.8) is 0 Å². The van der Waals surface area contributed by atoms with Gasteiger partial charge in [0.2, 0.25) is 0 Å². The Morgan fingerprint density at radius 1 is 1.55 bits per heavy atom. The van der Waals surface area contributed by atoms with Crippen molar-refractivity contribution in [2.45, 2.75) is 6.92 Å². The number of amides is 2. The Kier molecular flexibility index (Phi) is 4.49. The van der Waals surface area contributed by atoms with Gasteiger partial charge in [-0.25, -0.2) is 4.79 Å². The highest BCUT2D eigenvalue weighted by Crippen LogP contribution is 2.31. The Morgan fingerprint density at radius 2 is 2.30 bits per heavy atom. The van der Waals surface area contributed by atoms with Crippen molar-refractivity contribution in [2.24, 2.45) is 0 Å². The molecular formula is C13H16BrN3O3. The number of anilines is 1. The largest absolute Gasteiger partial charge is 0.489 e. The lowest BCUT2D eigenvalue weighted by Crippen LogP contribution is -2.32. The van der Waals surface area contributed by atoms with Gasteiger partial charge in [0, 0.05) is 17.6 Å². The lowest BCUT2D eigenvalue weighted by molar-refractivity contribution is 0.101. The van der Waals surface area contributed by atoms with Crippen LogP contribution in [0.3, 0.4) is 0 Å². The Bertz CT molecular complexity index is 548. The maximum absolute atomic E-state index is 11.6. The second-order valence-electron chi connectivity index (χ2n) is 4.50. The van der Waals surface area contributed by atoms with E-state index in [0.29, 0.717) is 43.2 Å². The first-order valence-corrected chi connectivity index (χ1v) is 7.04. The number of hydrogen-bond donors (Lipinski definition) is 2. The van der Waals surface area contributed by atoms with Crippen LogP contribution in [0.2, 0.25) is 0 Å². The van der Waals surface area contributed by atoms with E-state index in [2.05, 4.69) is 21.2 Å². The molecule has 7 heteroatoms. The summed E-state index contributed by atoms with van der Waals surface area (Å²) >= 11 is 3.30. The SMILES string of the molecule is CC(=O)c1cc(Br)cc(N)c1OCCN1CCNC1=O. The third kappa shape index (κ3) is 3.22. The molecule has 0 saturated carbocycles. The molecule has 1 aliphatic rings. The fourth-order valence-corrected chi connectivity index (χ4v) is 2.50. The summed E-state index contributed by atoms with van der Waals surface area (Å²) in [5, 5.41) is 2.71. The van der Waals surface area contributed by atoms with Crippen molar-refractivity contribution in [1.29, 1.82) is 0 Å². The van der Waals surface area contributed by atoms with E-state index in [0.717, 1.165) is 4.47 Å². The summed E-state index contributed by atoms with van der Waals surface area (Å²) in [5.74, 6) is 0.257. The van der Waals surface area contributed by atoms with E-state index in [1.807, 2.05) is 0 Å². The molecule has 0 aromatic heterocycles. The smallest absolute Gasteiger partial charge is 0.317 e. The van der Waals surface area contributed by atoms with Crippen molar-refractivity contribution in [3.8, 4) is 5.75 Å². The van der Waals surface area contributed by atoms with E-state index < -0.39 is 0 Å². The van der Waals surface area contributed by atoms with Crippen LogP contribution < -0.4 is 15.8 Å². The molecule has 1 heterocycles. The second-order valence-corrected chi connectivity index (χ2v) is 5.41. The van der Waals surface area contributed by atoms with Crippen LogP contribution in [-0.4, -0.2) is 43.0 Å². The number of hydrogen-bond acceptors (Lipinski definition) is 4. The van der Waals surface area contributed by atoms with E-state index in [-0.39, 0.29) is 11.8 Å². The topological polar surface area (TPSA) is 84.7 Å². The number of ketones is 1. The first-order chi connectivity index (χ1) is 9.49. The van der Waals surface area contributed by atoms with Crippen LogP contribution in [0.5, 0.6) is 5.75 Å². The van der Waals surface area contributed by atoms with Gasteiger partial charge in [0.15, 0.2) is 11.5 Å². The lowest BCUT2D eigenvalue weighted by Gasteiger charge is -2.17. The van der Waals surface area contributed by atoms with Crippen LogP contribution in [0, 0.1) is 0 Å². The Morgan fingerprint density at radius 3 is 2.90 bits per heavy atom. The van der Waals surface area contributed by atoms with Crippen molar-refractivity contribution in [1.82, 2.24) is 10.2 Å². The van der Waals surface area contributed by atoms with Gasteiger partial charge in [-0.15, -0.1) is 0 Å². The summed E-state index contributed by atoms with van der Waals surface area (Å²) in [6.45, 7) is 3.52. The van der Waals surface area contributed by atoms with Crippen LogP contribution in [0.15, 0.2) is 16.6 Å². The Hall–Kier alpha value is -1.76. The number of nitrogen functional groups attached to an aromatic ring is 1. The first kappa shape index (κ1) is 14.6. The highest BCUT2D eigenvalue weighted by atomic mass is 79.9. The van der Waals surface area contributed by atoms with Gasteiger partial charge in [-0.3, -0.25) is 4.79 Å². The number of nitrogens with one attached hydrogen (secondary N) is 1. The molecule has 1 fully saturated rings. The van der Waals surface area contributed by atoms with E-state index >= 15 is 0 Å². The Labute approximate surface area is 125 Å². The molecular weight excluding hydrogens is 326 g/mol. The van der Waals surface area contributed by atoms with Crippen molar-refractivity contribution in [2.75, 3.05) is 32.0 Å². The fourth-order valence-electron chi connectivity index (χ4n) is 2.02. The van der Waals surface area contributed by atoms with Crippen LogP contribution >= 0.6 is 15.9 Å². The molecule has 108 valence electrons. The summed E-state index contributed by atoms with van der Waals surface area (Å²) < 4.78 is 6.33. The number of rotatable bonds is 5. The summed E-state index contributed by atoms with van der Waals surface area (Å²) in [6, 6.07) is 3.27. The fraction of sp³-hybridized carbons (Fsp3) is 0.385. The van der Waals surface area contributed by atoms with Crippen LogP contribution in [0.4, 0.5) is 10.5 Å². The number of nitrogens with zero attached hydrogens (tertiary/aromatic N) is 1. The van der Waals surface area contributed by atoms with Gasteiger partial charge in [-0.05, 0) is 19.1 Å². The molecule has 1 aromatic carbocycles. The molecule has 2 amide bonds. The lowest BCUT2D eigenvalue weighted by atomic mass is 10.1. The molecule has 0 radical (unpaired) electrons. The summed E-state index contributed by atoms with van der Waals surface area (Å²) in [4.78, 5) is 24.6. The monoisotopic (exact) mass is 341 g/mol. The average Bonchev–Trinajstić information content (AvgIpc) is 2.77. The summed E-state index contributed by atoms with van der Waals surface area (Å²) in [7, 11) is 0. The zero-order chi connectivity index (χ0) is 14.7. The van der Waals surface area contributed by atoms with E-state index in [1.54, 1.807) is 17.0 Å². The number of benzene rings is 1. The maximum Gasteiger partial charge on any atom is 0.317 e. The summed E-state index contributed by atoms with van der Waals surface area (Å²) in [6.07, 6.45) is 0. The minimum Gasteiger partial charge on any atom is -0.489 e. The number of Topliss-reactive ketones (excluding diaryl/α,β-unsaturated/α-hetero) is 1. The third-order valence-corrected chi connectivity index (χ3v) is 3.47. The Balaban J connectivity index is 2.05. The molecule has 3 N–H and O–H groups in total. The van der Waals surface area contributed by atoms with Crippen molar-refractivity contribution < 1.29 is 14.3 Å². The molecule has 1 aliphatic heterocycles. The minimum absolute atomic E-state index is 0.0934. The third-order valence-electron chi connectivity index (χ3n) is 3.01. The van der Waals surface area contributed by atoms with Gasteiger partial charge in [0.05, 0.1) is 17.8 Å². The van der Waals surface area contributed by atoms with Crippen LogP contribution in [0.25, 0.3) is 0 Å². The molecule has 0 aliphatic carbocycles. The van der Waals surface area contributed by atoms with Crippen LogP contribution in [0.1, 0.15) is 17.3 Å². The van der Waals surface area contributed by atoms with Gasteiger partial charge in [-0.2, -0.15) is 0 Å². The molecule has 1 saturated heterocycles. The van der Waals surface area contributed by atoms with Crippen molar-refractivity contribution in [3.05, 3.63) is 22.2 Å². The van der Waals surface area contributed by atoms with Gasteiger partial charge in [0.25, 0.3) is 0 Å². The van der Waals surface area contributed by atoms with Gasteiger partial charge in [-0.1, -0.05) is 15.9 Å². The number of ether oxygens (including phenoxy) is 1. The van der Waals surface area contributed by atoms with Crippen LogP contribution in [-0.2, 0) is 0 Å². The quantitative estimate of drug-likeness (QED) is 0.629. The minimum atomic E-state index is -0.119. The second kappa shape index (κ2) is 6.13. The standard InChI is InChI=1S/C13H16BrN3O3/c1-8(18)10-6-9(14)7-11(15)12(10)20-5-4-17-3-2-16-13(17)19/h6-7H,2-5,15H2,1H3,(H,16,19). The zero-order valence-electron chi connectivity index (χ0n) is 11.1. The van der Waals surface area contributed by atoms with Gasteiger partial charge < -0.3 is 20.7 Å². The highest BCUT2D eigenvalue weighted by Gasteiger charge is 2.19. The van der Waals surface area contributed by atoms with Gasteiger partial charge >= 0.3 is 6.03 Å². The normalized spacial score (nSPS) is 14.3. The predicted molar refractivity (Wildman–Crippen MR) is 79.0 cm³/mol. The maximum atomic E-state index is 11.6. The number of carbonyl (C=O) groups excluding carboxylic acids is 2. The number of nitrogens with two attached hydrogens (primary N) is 1. The average molecular weight is 342 g/mol.